The predicted molar refractivity (Wildman–Crippen MR) is 77.9 cm³/mol. The second kappa shape index (κ2) is 5.27. The van der Waals surface area contributed by atoms with E-state index in [1.807, 2.05) is 18.3 Å². The van der Waals surface area contributed by atoms with Crippen molar-refractivity contribution in [1.82, 2.24) is 19.5 Å². The van der Waals surface area contributed by atoms with Crippen LogP contribution in [0.4, 0.5) is 0 Å². The molecule has 98 valence electrons. The molecular weight excluding hydrogens is 280 g/mol. The summed E-state index contributed by atoms with van der Waals surface area (Å²) in [4.78, 5) is 14.6. The lowest BCUT2D eigenvalue weighted by Gasteiger charge is -2.05. The number of thiazole rings is 1. The number of fused-ring (bicyclic) bond motifs is 1. The number of pyridine rings is 1. The van der Waals surface area contributed by atoms with E-state index in [0.29, 0.717) is 12.4 Å². The van der Waals surface area contributed by atoms with Gasteiger partial charge in [0.25, 0.3) is 0 Å². The molecule has 6 heteroatoms. The van der Waals surface area contributed by atoms with Crippen LogP contribution in [0.3, 0.4) is 0 Å². The van der Waals surface area contributed by atoms with Crippen molar-refractivity contribution in [3.63, 3.8) is 0 Å². The monoisotopic (exact) mass is 292 g/mol. The predicted octanol–water partition coefficient (Wildman–Crippen LogP) is 3.03. The third kappa shape index (κ3) is 2.48. The van der Waals surface area contributed by atoms with Gasteiger partial charge in [0.05, 0.1) is 6.54 Å². The van der Waals surface area contributed by atoms with Gasteiger partial charge in [-0.15, -0.1) is 22.9 Å². The third-order valence-corrected chi connectivity index (χ3v) is 3.95. The van der Waals surface area contributed by atoms with E-state index in [9.17, 15) is 0 Å². The molecule has 3 aromatic rings. The quantitative estimate of drug-likeness (QED) is 0.694. The van der Waals surface area contributed by atoms with Gasteiger partial charge in [0, 0.05) is 29.6 Å². The minimum Gasteiger partial charge on any atom is -0.306 e. The first-order valence-corrected chi connectivity index (χ1v) is 7.40. The first-order chi connectivity index (χ1) is 9.28. The fourth-order valence-electron chi connectivity index (χ4n) is 2.06. The Kier molecular flexibility index (Phi) is 3.48. The third-order valence-electron chi connectivity index (χ3n) is 2.86. The lowest BCUT2D eigenvalue weighted by atomic mass is 10.4. The summed E-state index contributed by atoms with van der Waals surface area (Å²) in [6.07, 6.45) is 4.42. The zero-order valence-electron chi connectivity index (χ0n) is 10.5. The van der Waals surface area contributed by atoms with Crippen molar-refractivity contribution in [1.29, 1.82) is 0 Å². The molecule has 0 fully saturated rings. The van der Waals surface area contributed by atoms with Gasteiger partial charge in [0.15, 0.2) is 5.65 Å². The summed E-state index contributed by atoms with van der Waals surface area (Å²) in [5.41, 5.74) is 1.81. The molecule has 0 spiro atoms. The molecule has 0 amide bonds. The van der Waals surface area contributed by atoms with Crippen LogP contribution in [0.15, 0.2) is 24.5 Å². The molecule has 19 heavy (non-hydrogen) atoms. The van der Waals surface area contributed by atoms with E-state index < -0.39 is 0 Å². The number of aryl methyl sites for hydroxylation is 2. The Morgan fingerprint density at radius 3 is 3.00 bits per heavy atom. The zero-order valence-corrected chi connectivity index (χ0v) is 12.1. The van der Waals surface area contributed by atoms with Crippen LogP contribution in [0.5, 0.6) is 0 Å². The van der Waals surface area contributed by atoms with E-state index in [1.54, 1.807) is 17.5 Å². The van der Waals surface area contributed by atoms with Crippen LogP contribution >= 0.6 is 22.9 Å². The highest BCUT2D eigenvalue weighted by atomic mass is 35.5. The van der Waals surface area contributed by atoms with Gasteiger partial charge >= 0.3 is 0 Å². The summed E-state index contributed by atoms with van der Waals surface area (Å²) < 4.78 is 2.11. The first-order valence-electron chi connectivity index (χ1n) is 6.05. The summed E-state index contributed by atoms with van der Waals surface area (Å²) >= 11 is 7.56. The molecule has 3 aromatic heterocycles. The van der Waals surface area contributed by atoms with E-state index in [2.05, 4.69) is 26.4 Å². The number of hydrogen-bond donors (Lipinski definition) is 0. The summed E-state index contributed by atoms with van der Waals surface area (Å²) in [7, 11) is 0. The Hall–Kier alpha value is -1.46. The van der Waals surface area contributed by atoms with Gasteiger partial charge < -0.3 is 4.57 Å². The smallest absolute Gasteiger partial charge is 0.160 e. The Labute approximate surface area is 120 Å². The van der Waals surface area contributed by atoms with Gasteiger partial charge in [-0.1, -0.05) is 0 Å². The molecule has 4 nitrogen and oxygen atoms in total. The number of nitrogens with zero attached hydrogens (tertiary/aromatic N) is 4. The largest absolute Gasteiger partial charge is 0.306 e. The minimum atomic E-state index is 0.556. The number of imidazole rings is 1. The van der Waals surface area contributed by atoms with Gasteiger partial charge in [0.1, 0.15) is 16.3 Å². The zero-order chi connectivity index (χ0) is 13.2. The van der Waals surface area contributed by atoms with Gasteiger partial charge in [-0.25, -0.2) is 15.0 Å². The highest BCUT2D eigenvalue weighted by molar-refractivity contribution is 7.11. The van der Waals surface area contributed by atoms with Crippen LogP contribution in [0, 0.1) is 6.92 Å². The van der Waals surface area contributed by atoms with Crippen LogP contribution in [0.25, 0.3) is 11.2 Å². The van der Waals surface area contributed by atoms with E-state index in [-0.39, 0.29) is 0 Å². The van der Waals surface area contributed by atoms with Gasteiger partial charge in [-0.05, 0) is 19.1 Å². The number of hydrogen-bond acceptors (Lipinski definition) is 4. The lowest BCUT2D eigenvalue weighted by Crippen LogP contribution is -2.06. The normalized spacial score (nSPS) is 11.3. The molecule has 0 N–H and O–H groups in total. The van der Waals surface area contributed by atoms with Crippen molar-refractivity contribution in [3.05, 3.63) is 40.2 Å². The van der Waals surface area contributed by atoms with E-state index >= 15 is 0 Å². The van der Waals surface area contributed by atoms with Crippen molar-refractivity contribution in [2.75, 3.05) is 5.88 Å². The van der Waals surface area contributed by atoms with Crippen molar-refractivity contribution >= 4 is 34.1 Å². The molecule has 0 aliphatic rings. The van der Waals surface area contributed by atoms with Gasteiger partial charge in [-0.2, -0.15) is 0 Å². The fourth-order valence-corrected chi connectivity index (χ4v) is 3.00. The molecule has 0 radical (unpaired) electrons. The molecule has 0 aliphatic carbocycles. The van der Waals surface area contributed by atoms with Crippen molar-refractivity contribution in [2.45, 2.75) is 19.9 Å². The average Bonchev–Trinajstić information content (AvgIpc) is 2.96. The molecule has 0 atom stereocenters. The maximum atomic E-state index is 5.86. The van der Waals surface area contributed by atoms with E-state index in [4.69, 9.17) is 11.6 Å². The first kappa shape index (κ1) is 12.6. The molecular formula is C13H13ClN4S. The van der Waals surface area contributed by atoms with Crippen LogP contribution < -0.4 is 0 Å². The number of alkyl halides is 1. The highest BCUT2D eigenvalue weighted by Crippen LogP contribution is 2.19. The topological polar surface area (TPSA) is 43.6 Å². The van der Waals surface area contributed by atoms with E-state index in [0.717, 1.165) is 28.4 Å². The van der Waals surface area contributed by atoms with Crippen molar-refractivity contribution in [3.8, 4) is 0 Å². The Morgan fingerprint density at radius 1 is 1.37 bits per heavy atom. The van der Waals surface area contributed by atoms with Crippen molar-refractivity contribution in [2.24, 2.45) is 0 Å². The molecule has 0 unspecified atom stereocenters. The number of rotatable bonds is 4. The van der Waals surface area contributed by atoms with Crippen LogP contribution in [-0.2, 0) is 13.0 Å². The molecule has 0 saturated carbocycles. The summed E-state index contributed by atoms with van der Waals surface area (Å²) in [6, 6.07) is 3.88. The second-order valence-electron chi connectivity index (χ2n) is 4.26. The maximum Gasteiger partial charge on any atom is 0.160 e. The number of halogens is 1. The molecule has 0 bridgehead atoms. The molecule has 0 aromatic carbocycles. The summed E-state index contributed by atoms with van der Waals surface area (Å²) in [5, 5.41) is 1.07. The Morgan fingerprint density at radius 2 is 2.26 bits per heavy atom. The lowest BCUT2D eigenvalue weighted by molar-refractivity contribution is 0.743. The summed E-state index contributed by atoms with van der Waals surface area (Å²) in [5.74, 6) is 1.52. The average molecular weight is 293 g/mol. The highest BCUT2D eigenvalue weighted by Gasteiger charge is 2.12. The standard InChI is InChI=1S/C13H13ClN4S/c1-9-7-16-12(19-9)8-18-11(4-5-14)17-10-3-2-6-15-13(10)18/h2-3,6-7H,4-5,8H2,1H3. The van der Waals surface area contributed by atoms with Crippen LogP contribution in [-0.4, -0.2) is 25.4 Å². The fraction of sp³-hybridized carbons (Fsp3) is 0.308. The number of aromatic nitrogens is 4. The Balaban J connectivity index is 2.06. The van der Waals surface area contributed by atoms with Crippen LogP contribution in [0.2, 0.25) is 0 Å². The van der Waals surface area contributed by atoms with Gasteiger partial charge in [-0.3, -0.25) is 0 Å². The summed E-state index contributed by atoms with van der Waals surface area (Å²) in [6.45, 7) is 2.77. The van der Waals surface area contributed by atoms with E-state index in [1.165, 1.54) is 4.88 Å². The van der Waals surface area contributed by atoms with Gasteiger partial charge in [0.2, 0.25) is 0 Å². The molecule has 3 rings (SSSR count). The Bertz CT molecular complexity index is 704. The van der Waals surface area contributed by atoms with Crippen LogP contribution in [0.1, 0.15) is 15.7 Å². The van der Waals surface area contributed by atoms with Crippen molar-refractivity contribution < 1.29 is 0 Å². The maximum absolute atomic E-state index is 5.86. The second-order valence-corrected chi connectivity index (χ2v) is 5.96. The molecule has 0 saturated heterocycles. The SMILES string of the molecule is Cc1cnc(Cn2c(CCCl)nc3cccnc32)s1. The molecule has 3 heterocycles. The minimum absolute atomic E-state index is 0.556. The molecule has 0 aliphatic heterocycles.